The standard InChI is InChI=1S/C16H19NO4S/c1-10(18)14-15(17(16(14)21)9-13(19)20)12(7-8-22)11-5-3-2-4-6-11/h2-6,8,10,12,14-15,18H,7,9H2,1H3,(H,19,20)/t10-,12-,14-,15+/m1/s1. The Labute approximate surface area is 134 Å². The summed E-state index contributed by atoms with van der Waals surface area (Å²) in [4.78, 5) is 24.5. The molecular formula is C16H19NO4S. The minimum absolute atomic E-state index is 0.115. The van der Waals surface area contributed by atoms with Crippen LogP contribution in [0, 0.1) is 5.92 Å². The number of aliphatic hydroxyl groups is 1. The third-order valence-corrected chi connectivity index (χ3v) is 4.30. The van der Waals surface area contributed by atoms with Gasteiger partial charge in [0.1, 0.15) is 6.54 Å². The van der Waals surface area contributed by atoms with E-state index in [9.17, 15) is 14.7 Å². The number of nitrogens with zero attached hydrogens (tertiary/aromatic N) is 1. The topological polar surface area (TPSA) is 77.8 Å². The summed E-state index contributed by atoms with van der Waals surface area (Å²) in [6, 6.07) is 9.20. The maximum Gasteiger partial charge on any atom is 0.323 e. The van der Waals surface area contributed by atoms with E-state index in [4.69, 9.17) is 17.3 Å². The molecule has 1 fully saturated rings. The second-order valence-electron chi connectivity index (χ2n) is 5.54. The Morgan fingerprint density at radius 1 is 1.41 bits per heavy atom. The lowest BCUT2D eigenvalue weighted by atomic mass is 9.72. The van der Waals surface area contributed by atoms with Crippen molar-refractivity contribution in [3.05, 3.63) is 35.9 Å². The molecule has 0 bridgehead atoms. The van der Waals surface area contributed by atoms with Crippen molar-refractivity contribution < 1.29 is 19.8 Å². The van der Waals surface area contributed by atoms with Crippen LogP contribution in [0.4, 0.5) is 0 Å². The van der Waals surface area contributed by atoms with E-state index in [1.54, 1.807) is 12.3 Å². The summed E-state index contributed by atoms with van der Waals surface area (Å²) >= 11 is 4.97. The Hall–Kier alpha value is -1.79. The van der Waals surface area contributed by atoms with Gasteiger partial charge in [-0.2, -0.15) is 0 Å². The van der Waals surface area contributed by atoms with Crippen molar-refractivity contribution in [3.63, 3.8) is 0 Å². The van der Waals surface area contributed by atoms with Gasteiger partial charge >= 0.3 is 5.97 Å². The second kappa shape index (κ2) is 6.98. The quantitative estimate of drug-likeness (QED) is 0.587. The number of benzene rings is 1. The fourth-order valence-electron chi connectivity index (χ4n) is 3.16. The summed E-state index contributed by atoms with van der Waals surface area (Å²) in [5.41, 5.74) is 0.988. The van der Waals surface area contributed by atoms with Gasteiger partial charge in [0.05, 0.1) is 18.1 Å². The number of aliphatic carboxylic acids is 1. The van der Waals surface area contributed by atoms with Crippen LogP contribution < -0.4 is 0 Å². The molecule has 1 aromatic rings. The average Bonchev–Trinajstić information content (AvgIpc) is 2.48. The molecule has 0 radical (unpaired) electrons. The number of carbonyl (C=O) groups excluding carboxylic acids is 1. The number of carbonyl (C=O) groups is 2. The van der Waals surface area contributed by atoms with Crippen LogP contribution in [0.25, 0.3) is 0 Å². The Morgan fingerprint density at radius 3 is 2.55 bits per heavy atom. The second-order valence-corrected chi connectivity index (χ2v) is 5.87. The fraction of sp³-hybridized carbons (Fsp3) is 0.438. The number of hydrogen-bond donors (Lipinski definition) is 2. The van der Waals surface area contributed by atoms with E-state index in [2.05, 4.69) is 0 Å². The zero-order valence-corrected chi connectivity index (χ0v) is 13.1. The lowest BCUT2D eigenvalue weighted by molar-refractivity contribution is -0.171. The Kier molecular flexibility index (Phi) is 5.26. The highest BCUT2D eigenvalue weighted by atomic mass is 32.1. The number of hydrogen-bond acceptors (Lipinski definition) is 4. The molecule has 1 saturated heterocycles. The van der Waals surface area contributed by atoms with E-state index >= 15 is 0 Å². The minimum atomic E-state index is -1.06. The molecule has 0 spiro atoms. The Morgan fingerprint density at radius 2 is 2.05 bits per heavy atom. The first-order valence-corrected chi connectivity index (χ1v) is 7.63. The van der Waals surface area contributed by atoms with Crippen molar-refractivity contribution >= 4 is 29.5 Å². The first-order valence-electron chi connectivity index (χ1n) is 7.16. The number of amides is 1. The largest absolute Gasteiger partial charge is 0.480 e. The minimum Gasteiger partial charge on any atom is -0.480 e. The normalized spacial score (nSPS) is 23.5. The summed E-state index contributed by atoms with van der Waals surface area (Å²) in [7, 11) is 0. The van der Waals surface area contributed by atoms with Gasteiger partial charge in [-0.1, -0.05) is 42.5 Å². The maximum atomic E-state index is 12.2. The van der Waals surface area contributed by atoms with Gasteiger partial charge in [-0.05, 0) is 24.3 Å². The van der Waals surface area contributed by atoms with E-state index in [1.807, 2.05) is 30.3 Å². The van der Waals surface area contributed by atoms with Crippen molar-refractivity contribution in [2.75, 3.05) is 6.54 Å². The van der Waals surface area contributed by atoms with Crippen LogP contribution in [0.2, 0.25) is 0 Å². The van der Waals surface area contributed by atoms with E-state index in [0.29, 0.717) is 6.42 Å². The number of aliphatic hydroxyl groups excluding tert-OH is 1. The third kappa shape index (κ3) is 3.18. The molecule has 4 atom stereocenters. The number of rotatable bonds is 7. The van der Waals surface area contributed by atoms with Gasteiger partial charge in [-0.15, -0.1) is 0 Å². The van der Waals surface area contributed by atoms with Gasteiger partial charge in [0.25, 0.3) is 0 Å². The van der Waals surface area contributed by atoms with Crippen LogP contribution in [0.5, 0.6) is 0 Å². The summed E-state index contributed by atoms with van der Waals surface area (Å²) in [6.07, 6.45) is -0.282. The molecule has 1 heterocycles. The van der Waals surface area contributed by atoms with E-state index in [1.165, 1.54) is 4.90 Å². The monoisotopic (exact) mass is 321 g/mol. The van der Waals surface area contributed by atoms with Gasteiger partial charge in [0.2, 0.25) is 5.91 Å². The molecule has 0 unspecified atom stereocenters. The van der Waals surface area contributed by atoms with Gasteiger partial charge in [0.15, 0.2) is 0 Å². The molecule has 0 aliphatic carbocycles. The molecular weight excluding hydrogens is 302 g/mol. The molecule has 1 aliphatic rings. The van der Waals surface area contributed by atoms with Crippen LogP contribution in [-0.2, 0) is 9.59 Å². The first kappa shape index (κ1) is 16.6. The molecule has 6 heteroatoms. The number of thiocarbonyl (C=S) groups is 1. The van der Waals surface area contributed by atoms with Crippen molar-refractivity contribution in [1.82, 2.24) is 4.90 Å². The number of likely N-dealkylation sites (tertiary alicyclic amines) is 1. The van der Waals surface area contributed by atoms with Crippen LogP contribution in [0.15, 0.2) is 30.3 Å². The van der Waals surface area contributed by atoms with Gasteiger partial charge in [0, 0.05) is 5.92 Å². The first-order chi connectivity index (χ1) is 10.5. The van der Waals surface area contributed by atoms with Crippen LogP contribution in [-0.4, -0.2) is 51.0 Å². The predicted octanol–water partition coefficient (Wildman–Crippen LogP) is 1.45. The highest BCUT2D eigenvalue weighted by Gasteiger charge is 2.53. The molecule has 2 N–H and O–H groups in total. The summed E-state index contributed by atoms with van der Waals surface area (Å²) in [5, 5.41) is 20.5. The lowest BCUT2D eigenvalue weighted by Crippen LogP contribution is -2.67. The van der Waals surface area contributed by atoms with E-state index in [-0.39, 0.29) is 24.4 Å². The fourth-order valence-corrected chi connectivity index (χ4v) is 3.37. The van der Waals surface area contributed by atoms with Crippen molar-refractivity contribution in [1.29, 1.82) is 0 Å². The highest BCUT2D eigenvalue weighted by Crippen LogP contribution is 2.40. The molecule has 0 saturated carbocycles. The highest BCUT2D eigenvalue weighted by molar-refractivity contribution is 7.78. The number of carboxylic acids is 1. The molecule has 1 aliphatic heterocycles. The molecule has 0 aromatic heterocycles. The molecule has 118 valence electrons. The van der Waals surface area contributed by atoms with Gasteiger partial charge < -0.3 is 15.1 Å². The lowest BCUT2D eigenvalue weighted by Gasteiger charge is -2.51. The van der Waals surface area contributed by atoms with Crippen molar-refractivity contribution in [2.24, 2.45) is 5.92 Å². The van der Waals surface area contributed by atoms with Gasteiger partial charge in [-0.3, -0.25) is 9.59 Å². The summed E-state index contributed by atoms with van der Waals surface area (Å²) in [5.74, 6) is -2.07. The van der Waals surface area contributed by atoms with Crippen LogP contribution in [0.1, 0.15) is 24.8 Å². The SMILES string of the molecule is C[C@@H](O)[C@H]1C(=O)N(CC(=O)O)[C@H]1[C@H](CC=S)c1ccccc1. The zero-order chi connectivity index (χ0) is 16.3. The van der Waals surface area contributed by atoms with Gasteiger partial charge in [-0.25, -0.2) is 0 Å². The molecule has 1 amide bonds. The third-order valence-electron chi connectivity index (χ3n) is 4.11. The Balaban J connectivity index is 2.34. The maximum absolute atomic E-state index is 12.2. The molecule has 1 aromatic carbocycles. The summed E-state index contributed by atoms with van der Waals surface area (Å²) in [6.45, 7) is 1.21. The molecule has 5 nitrogen and oxygen atoms in total. The van der Waals surface area contributed by atoms with E-state index in [0.717, 1.165) is 5.56 Å². The summed E-state index contributed by atoms with van der Waals surface area (Å²) < 4.78 is 0. The van der Waals surface area contributed by atoms with Crippen molar-refractivity contribution in [3.8, 4) is 0 Å². The predicted molar refractivity (Wildman–Crippen MR) is 85.8 cm³/mol. The van der Waals surface area contributed by atoms with E-state index < -0.39 is 18.0 Å². The Bertz CT molecular complexity index is 561. The molecule has 2 rings (SSSR count). The molecule has 22 heavy (non-hydrogen) atoms. The zero-order valence-electron chi connectivity index (χ0n) is 12.3. The van der Waals surface area contributed by atoms with Crippen molar-refractivity contribution in [2.45, 2.75) is 31.4 Å². The van der Waals surface area contributed by atoms with Crippen LogP contribution in [0.3, 0.4) is 0 Å². The number of carboxylic acid groups (broad SMARTS) is 1. The van der Waals surface area contributed by atoms with Crippen LogP contribution >= 0.6 is 12.2 Å². The average molecular weight is 321 g/mol. The number of β-lactam (4-membered cyclic amide) rings is 1. The smallest absolute Gasteiger partial charge is 0.323 e.